The van der Waals surface area contributed by atoms with E-state index in [0.29, 0.717) is 0 Å². The van der Waals surface area contributed by atoms with Gasteiger partial charge in [0.25, 0.3) is 5.91 Å². The van der Waals surface area contributed by atoms with Crippen molar-refractivity contribution < 1.29 is 14.4 Å². The second-order valence-electron chi connectivity index (χ2n) is 7.92. The molecule has 150 valence electrons. The number of rotatable bonds is 3. The van der Waals surface area contributed by atoms with Crippen LogP contribution in [0.2, 0.25) is 0 Å². The van der Waals surface area contributed by atoms with E-state index >= 15 is 0 Å². The molecule has 2 saturated heterocycles. The Hall–Kier alpha value is -2.25. The lowest BCUT2D eigenvalue weighted by Crippen LogP contribution is -2.44. The summed E-state index contributed by atoms with van der Waals surface area (Å²) in [7, 11) is 0. The third-order valence-electron chi connectivity index (χ3n) is 6.20. The number of hydrogen-bond acceptors (Lipinski definition) is 5. The van der Waals surface area contributed by atoms with Gasteiger partial charge in [0.2, 0.25) is 5.91 Å². The van der Waals surface area contributed by atoms with Crippen LogP contribution in [0, 0.1) is 5.92 Å². The second kappa shape index (κ2) is 7.54. The van der Waals surface area contributed by atoms with Crippen molar-refractivity contribution in [3.8, 4) is 0 Å². The van der Waals surface area contributed by atoms with Crippen molar-refractivity contribution in [3.63, 3.8) is 0 Å². The summed E-state index contributed by atoms with van der Waals surface area (Å²) >= 11 is 3.45. The maximum absolute atomic E-state index is 13.5. The molecule has 0 bridgehead atoms. The summed E-state index contributed by atoms with van der Waals surface area (Å²) in [4.78, 5) is 38.6. The van der Waals surface area contributed by atoms with Gasteiger partial charge in [0.1, 0.15) is 5.92 Å². The molecule has 1 aromatic carbocycles. The minimum atomic E-state index is -0.779. The molecule has 2 aromatic rings. The summed E-state index contributed by atoms with van der Waals surface area (Å²) in [6.07, 6.45) is 7.77. The fourth-order valence-corrected chi connectivity index (χ4v) is 5.10. The van der Waals surface area contributed by atoms with E-state index < -0.39 is 12.0 Å². The minimum absolute atomic E-state index is 0.00799. The fourth-order valence-electron chi connectivity index (χ4n) is 4.84. The molecule has 3 heterocycles. The maximum atomic E-state index is 13.5. The summed E-state index contributed by atoms with van der Waals surface area (Å²) in [5, 5.41) is 1.72. The van der Waals surface area contributed by atoms with E-state index in [1.165, 1.54) is 11.3 Å². The number of nitrogens with zero attached hydrogens (tertiary/aromatic N) is 3. The van der Waals surface area contributed by atoms with Crippen LogP contribution in [0.15, 0.2) is 53.3 Å². The molecule has 29 heavy (non-hydrogen) atoms. The molecule has 2 aliphatic heterocycles. The molecule has 5 rings (SSSR count). The third-order valence-corrected chi connectivity index (χ3v) is 6.73. The third kappa shape index (κ3) is 3.16. The van der Waals surface area contributed by atoms with Gasteiger partial charge in [-0.25, -0.2) is 5.06 Å². The summed E-state index contributed by atoms with van der Waals surface area (Å²) in [6.45, 7) is 0. The van der Waals surface area contributed by atoms with Crippen LogP contribution in [0.4, 0.5) is 5.69 Å². The lowest BCUT2D eigenvalue weighted by Gasteiger charge is -2.33. The van der Waals surface area contributed by atoms with E-state index in [-0.39, 0.29) is 23.9 Å². The zero-order valence-corrected chi connectivity index (χ0v) is 17.5. The van der Waals surface area contributed by atoms with Gasteiger partial charge in [0.05, 0.1) is 11.7 Å². The zero-order chi connectivity index (χ0) is 20.0. The lowest BCUT2D eigenvalue weighted by molar-refractivity contribution is -0.146. The summed E-state index contributed by atoms with van der Waals surface area (Å²) in [5.74, 6) is -0.863. The van der Waals surface area contributed by atoms with Crippen molar-refractivity contribution in [2.24, 2.45) is 5.92 Å². The van der Waals surface area contributed by atoms with Gasteiger partial charge >= 0.3 is 0 Å². The molecule has 3 atom stereocenters. The fraction of sp³-hybridized carbons (Fsp3) is 0.409. The van der Waals surface area contributed by atoms with E-state index in [1.807, 2.05) is 36.4 Å². The Kier molecular flexibility index (Phi) is 4.87. The predicted octanol–water partition coefficient (Wildman–Crippen LogP) is 4.02. The van der Waals surface area contributed by atoms with Crippen LogP contribution in [-0.4, -0.2) is 33.8 Å². The number of carbonyl (C=O) groups excluding carboxylic acids is 2. The van der Waals surface area contributed by atoms with Gasteiger partial charge in [-0.15, -0.1) is 0 Å². The lowest BCUT2D eigenvalue weighted by atomic mass is 9.91. The van der Waals surface area contributed by atoms with Crippen LogP contribution in [0.3, 0.4) is 0 Å². The normalized spacial score (nSPS) is 27.6. The standard InChI is InChI=1S/C22H22BrN3O3/c23-15-8-10-17(11-9-15)26-19(14-5-4-12-24-13-14)18-20(29-26)22(28)25(21(18)27)16-6-2-1-3-7-16/h4-5,8-13,16,18-20H,1-3,6-7H2/t18-,19+,20-/m1/s1. The molecule has 0 unspecified atom stereocenters. The highest BCUT2D eigenvalue weighted by atomic mass is 79.9. The number of anilines is 1. The first-order valence-corrected chi connectivity index (χ1v) is 10.9. The molecule has 3 fully saturated rings. The Balaban J connectivity index is 1.53. The van der Waals surface area contributed by atoms with E-state index in [9.17, 15) is 9.59 Å². The van der Waals surface area contributed by atoms with E-state index in [2.05, 4.69) is 20.9 Å². The first-order valence-electron chi connectivity index (χ1n) is 10.1. The molecule has 2 amide bonds. The van der Waals surface area contributed by atoms with Crippen molar-refractivity contribution >= 4 is 33.4 Å². The first kappa shape index (κ1) is 18.8. The summed E-state index contributed by atoms with van der Waals surface area (Å²) in [5.41, 5.74) is 1.68. The number of carbonyl (C=O) groups is 2. The molecule has 6 nitrogen and oxygen atoms in total. The quantitative estimate of drug-likeness (QED) is 0.653. The van der Waals surface area contributed by atoms with Gasteiger partial charge in [-0.2, -0.15) is 0 Å². The second-order valence-corrected chi connectivity index (χ2v) is 8.84. The Morgan fingerprint density at radius 3 is 2.45 bits per heavy atom. The average molecular weight is 456 g/mol. The van der Waals surface area contributed by atoms with Crippen LogP contribution in [0.5, 0.6) is 0 Å². The van der Waals surface area contributed by atoms with Crippen molar-refractivity contribution in [2.75, 3.05) is 5.06 Å². The van der Waals surface area contributed by atoms with Crippen molar-refractivity contribution in [1.82, 2.24) is 9.88 Å². The SMILES string of the molecule is O=C1[C@H]2[C@@H](ON(c3ccc(Br)cc3)[C@H]2c2cccnc2)C(=O)N1C1CCCCC1. The molecule has 3 aliphatic rings. The topological polar surface area (TPSA) is 62.7 Å². The number of hydrogen-bond donors (Lipinski definition) is 0. The Labute approximate surface area is 177 Å². The van der Waals surface area contributed by atoms with Crippen molar-refractivity contribution in [2.45, 2.75) is 50.3 Å². The highest BCUT2D eigenvalue weighted by Gasteiger charge is 2.61. The number of imide groups is 1. The number of amides is 2. The number of hydroxylamine groups is 1. The molecule has 0 N–H and O–H groups in total. The van der Waals surface area contributed by atoms with Crippen LogP contribution in [0.25, 0.3) is 0 Å². The smallest absolute Gasteiger partial charge is 0.262 e. The predicted molar refractivity (Wildman–Crippen MR) is 111 cm³/mol. The van der Waals surface area contributed by atoms with Crippen LogP contribution < -0.4 is 5.06 Å². The van der Waals surface area contributed by atoms with Gasteiger partial charge in [-0.3, -0.25) is 24.3 Å². The molecule has 7 heteroatoms. The average Bonchev–Trinajstić information content (AvgIpc) is 3.26. The van der Waals surface area contributed by atoms with Gasteiger partial charge in [0, 0.05) is 22.9 Å². The molecular weight excluding hydrogens is 434 g/mol. The highest BCUT2D eigenvalue weighted by molar-refractivity contribution is 9.10. The van der Waals surface area contributed by atoms with Gasteiger partial charge < -0.3 is 0 Å². The number of pyridine rings is 1. The molecule has 1 saturated carbocycles. The van der Waals surface area contributed by atoms with Crippen LogP contribution in [-0.2, 0) is 14.4 Å². The van der Waals surface area contributed by atoms with Crippen LogP contribution >= 0.6 is 15.9 Å². The van der Waals surface area contributed by atoms with Gasteiger partial charge in [-0.1, -0.05) is 41.3 Å². The molecule has 0 radical (unpaired) electrons. The maximum Gasteiger partial charge on any atom is 0.262 e. The Morgan fingerprint density at radius 1 is 1.00 bits per heavy atom. The zero-order valence-electron chi connectivity index (χ0n) is 15.9. The highest BCUT2D eigenvalue weighted by Crippen LogP contribution is 2.47. The largest absolute Gasteiger partial charge is 0.277 e. The minimum Gasteiger partial charge on any atom is -0.277 e. The monoisotopic (exact) mass is 455 g/mol. The molecular formula is C22H22BrN3O3. The van der Waals surface area contributed by atoms with Gasteiger partial charge in [-0.05, 0) is 48.7 Å². The number of likely N-dealkylation sites (tertiary alicyclic amines) is 1. The van der Waals surface area contributed by atoms with Gasteiger partial charge in [0.15, 0.2) is 6.10 Å². The molecule has 1 aliphatic carbocycles. The van der Waals surface area contributed by atoms with E-state index in [4.69, 9.17) is 4.84 Å². The van der Waals surface area contributed by atoms with Crippen molar-refractivity contribution in [3.05, 3.63) is 58.8 Å². The van der Waals surface area contributed by atoms with E-state index in [1.54, 1.807) is 17.5 Å². The Bertz CT molecular complexity index is 915. The molecule has 1 aromatic heterocycles. The number of halogens is 1. The summed E-state index contributed by atoms with van der Waals surface area (Å²) < 4.78 is 0.953. The number of fused-ring (bicyclic) bond motifs is 1. The summed E-state index contributed by atoms with van der Waals surface area (Å²) in [6, 6.07) is 11.1. The van der Waals surface area contributed by atoms with E-state index in [0.717, 1.165) is 41.4 Å². The van der Waals surface area contributed by atoms with Crippen LogP contribution in [0.1, 0.15) is 43.7 Å². The number of benzene rings is 1. The Morgan fingerprint density at radius 2 is 1.76 bits per heavy atom. The molecule has 0 spiro atoms. The first-order chi connectivity index (χ1) is 14.1. The van der Waals surface area contributed by atoms with Crippen molar-refractivity contribution in [1.29, 1.82) is 0 Å². The number of aromatic nitrogens is 1.